The normalized spacial score (nSPS) is 14.3. The molecule has 1 fully saturated rings. The van der Waals surface area contributed by atoms with Gasteiger partial charge in [0.1, 0.15) is 0 Å². The molecule has 27 heavy (non-hydrogen) atoms. The first-order valence-electron chi connectivity index (χ1n) is 9.78. The molecule has 0 spiro atoms. The van der Waals surface area contributed by atoms with Gasteiger partial charge in [0.05, 0.1) is 16.7 Å². The lowest BCUT2D eigenvalue weighted by atomic mass is 10.1. The van der Waals surface area contributed by atoms with Crippen molar-refractivity contribution in [3.8, 4) is 0 Å². The zero-order chi connectivity index (χ0) is 19.6. The summed E-state index contributed by atoms with van der Waals surface area (Å²) in [6.07, 6.45) is 2.02. The van der Waals surface area contributed by atoms with Crippen molar-refractivity contribution in [3.05, 3.63) is 34.6 Å². The van der Waals surface area contributed by atoms with Crippen LogP contribution < -0.4 is 5.56 Å². The van der Waals surface area contributed by atoms with E-state index in [9.17, 15) is 9.59 Å². The summed E-state index contributed by atoms with van der Waals surface area (Å²) in [6, 6.07) is 7.69. The number of thioether (sulfide) groups is 1. The van der Waals surface area contributed by atoms with Gasteiger partial charge in [0.25, 0.3) is 5.56 Å². The number of nitrogens with zero attached hydrogens (tertiary/aromatic N) is 3. The van der Waals surface area contributed by atoms with Crippen LogP contribution in [0.3, 0.4) is 0 Å². The van der Waals surface area contributed by atoms with Crippen molar-refractivity contribution >= 4 is 28.6 Å². The summed E-state index contributed by atoms with van der Waals surface area (Å²) < 4.78 is 1.80. The number of carbonyl (C=O) groups is 1. The number of rotatable bonds is 8. The smallest absolute Gasteiger partial charge is 0.262 e. The van der Waals surface area contributed by atoms with Gasteiger partial charge in [-0.1, -0.05) is 51.6 Å². The zero-order valence-electron chi connectivity index (χ0n) is 16.6. The summed E-state index contributed by atoms with van der Waals surface area (Å²) in [5, 5.41) is 1.32. The van der Waals surface area contributed by atoms with E-state index >= 15 is 0 Å². The number of carbonyl (C=O) groups excluding carboxylic acids is 1. The number of para-hydroxylation sites is 1. The molecule has 1 aromatic carbocycles. The standard InChI is InChI=1S/C21H29N3O2S/c1-14(2)11-23(12-15(3)4)19(25)13-27-21-22-18-8-6-5-7-17(18)20(26)24(21)16-9-10-16/h5-8,14-16H,9-13H2,1-4H3. The van der Waals surface area contributed by atoms with Gasteiger partial charge < -0.3 is 4.90 Å². The van der Waals surface area contributed by atoms with Crippen LogP contribution in [0, 0.1) is 11.8 Å². The molecule has 1 saturated carbocycles. The average molecular weight is 388 g/mol. The fourth-order valence-electron chi connectivity index (χ4n) is 3.26. The van der Waals surface area contributed by atoms with E-state index < -0.39 is 0 Å². The number of hydrogen-bond acceptors (Lipinski definition) is 4. The maximum absolute atomic E-state index is 12.9. The molecule has 5 nitrogen and oxygen atoms in total. The van der Waals surface area contributed by atoms with Crippen molar-refractivity contribution in [2.75, 3.05) is 18.8 Å². The summed E-state index contributed by atoms with van der Waals surface area (Å²) in [6.45, 7) is 10.0. The van der Waals surface area contributed by atoms with Gasteiger partial charge in [0.2, 0.25) is 5.91 Å². The first-order valence-corrected chi connectivity index (χ1v) is 10.8. The lowest BCUT2D eigenvalue weighted by Crippen LogP contribution is -2.38. The van der Waals surface area contributed by atoms with E-state index in [1.807, 2.05) is 29.2 Å². The Labute approximate surface area is 165 Å². The van der Waals surface area contributed by atoms with Crippen molar-refractivity contribution in [3.63, 3.8) is 0 Å². The summed E-state index contributed by atoms with van der Waals surface area (Å²) in [7, 11) is 0. The summed E-state index contributed by atoms with van der Waals surface area (Å²) >= 11 is 1.40. The van der Waals surface area contributed by atoms with Gasteiger partial charge in [-0.05, 0) is 36.8 Å². The second-order valence-electron chi connectivity index (χ2n) is 8.19. The Kier molecular flexibility index (Phi) is 6.25. The molecular formula is C21H29N3O2S. The van der Waals surface area contributed by atoms with E-state index in [1.54, 1.807) is 4.57 Å². The third-order valence-corrected chi connectivity index (χ3v) is 5.47. The summed E-state index contributed by atoms with van der Waals surface area (Å²) in [5.74, 6) is 1.30. The molecular weight excluding hydrogens is 358 g/mol. The van der Waals surface area contributed by atoms with E-state index in [0.717, 1.165) is 25.9 Å². The molecule has 0 N–H and O–H groups in total. The van der Waals surface area contributed by atoms with Crippen LogP contribution in [0.25, 0.3) is 10.9 Å². The third-order valence-electron chi connectivity index (χ3n) is 4.54. The van der Waals surface area contributed by atoms with E-state index in [-0.39, 0.29) is 17.5 Å². The molecule has 1 aromatic heterocycles. The van der Waals surface area contributed by atoms with Gasteiger partial charge in [-0.3, -0.25) is 14.2 Å². The molecule has 3 rings (SSSR count). The second kappa shape index (κ2) is 8.46. The maximum atomic E-state index is 12.9. The summed E-state index contributed by atoms with van der Waals surface area (Å²) in [4.78, 5) is 32.4. The number of fused-ring (bicyclic) bond motifs is 1. The maximum Gasteiger partial charge on any atom is 0.262 e. The highest BCUT2D eigenvalue weighted by Gasteiger charge is 2.29. The Morgan fingerprint density at radius 2 is 1.81 bits per heavy atom. The molecule has 6 heteroatoms. The zero-order valence-corrected chi connectivity index (χ0v) is 17.5. The quantitative estimate of drug-likeness (QED) is 0.508. The molecule has 0 unspecified atom stereocenters. The Bertz CT molecular complexity index is 861. The van der Waals surface area contributed by atoms with E-state index in [1.165, 1.54) is 11.8 Å². The Balaban J connectivity index is 1.82. The van der Waals surface area contributed by atoms with E-state index in [2.05, 4.69) is 27.7 Å². The highest BCUT2D eigenvalue weighted by atomic mass is 32.2. The fourth-order valence-corrected chi connectivity index (χ4v) is 4.23. The van der Waals surface area contributed by atoms with Crippen LogP contribution in [0.4, 0.5) is 0 Å². The van der Waals surface area contributed by atoms with Gasteiger partial charge in [0, 0.05) is 19.1 Å². The highest BCUT2D eigenvalue weighted by Crippen LogP contribution is 2.36. The van der Waals surface area contributed by atoms with Gasteiger partial charge in [0.15, 0.2) is 5.16 Å². The second-order valence-corrected chi connectivity index (χ2v) is 9.14. The van der Waals surface area contributed by atoms with Crippen LogP contribution in [0.2, 0.25) is 0 Å². The summed E-state index contributed by atoms with van der Waals surface area (Å²) in [5.41, 5.74) is 0.717. The number of hydrogen-bond donors (Lipinski definition) is 0. The molecule has 0 radical (unpaired) electrons. The van der Waals surface area contributed by atoms with Crippen molar-refractivity contribution in [1.29, 1.82) is 0 Å². The third kappa shape index (κ3) is 4.92. The molecule has 2 aromatic rings. The predicted octanol–water partition coefficient (Wildman–Crippen LogP) is 3.96. The first-order chi connectivity index (χ1) is 12.9. The lowest BCUT2D eigenvalue weighted by Gasteiger charge is -2.26. The lowest BCUT2D eigenvalue weighted by molar-refractivity contribution is -0.129. The van der Waals surface area contributed by atoms with Gasteiger partial charge in [-0.25, -0.2) is 4.98 Å². The van der Waals surface area contributed by atoms with Gasteiger partial charge >= 0.3 is 0 Å². The van der Waals surface area contributed by atoms with Crippen LogP contribution >= 0.6 is 11.8 Å². The van der Waals surface area contributed by atoms with E-state index in [0.29, 0.717) is 33.6 Å². The van der Waals surface area contributed by atoms with Gasteiger partial charge in [-0.15, -0.1) is 0 Å². The monoisotopic (exact) mass is 387 g/mol. The Morgan fingerprint density at radius 3 is 2.41 bits per heavy atom. The molecule has 0 aliphatic heterocycles. The molecule has 0 saturated heterocycles. The Hall–Kier alpha value is -1.82. The molecule has 1 aliphatic carbocycles. The molecule has 0 atom stereocenters. The van der Waals surface area contributed by atoms with Crippen molar-refractivity contribution in [2.24, 2.45) is 11.8 Å². The van der Waals surface area contributed by atoms with Crippen LogP contribution in [-0.2, 0) is 4.79 Å². The van der Waals surface area contributed by atoms with Crippen LogP contribution in [0.5, 0.6) is 0 Å². The molecule has 0 bridgehead atoms. The van der Waals surface area contributed by atoms with Gasteiger partial charge in [-0.2, -0.15) is 0 Å². The number of benzene rings is 1. The van der Waals surface area contributed by atoms with Crippen LogP contribution in [-0.4, -0.2) is 39.2 Å². The highest BCUT2D eigenvalue weighted by molar-refractivity contribution is 7.99. The minimum Gasteiger partial charge on any atom is -0.341 e. The topological polar surface area (TPSA) is 55.2 Å². The molecule has 146 valence electrons. The largest absolute Gasteiger partial charge is 0.341 e. The van der Waals surface area contributed by atoms with Crippen molar-refractivity contribution in [2.45, 2.75) is 51.7 Å². The molecule has 1 amide bonds. The fraction of sp³-hybridized carbons (Fsp3) is 0.571. The minimum absolute atomic E-state index is 0.0132. The van der Waals surface area contributed by atoms with Crippen molar-refractivity contribution < 1.29 is 4.79 Å². The average Bonchev–Trinajstić information content (AvgIpc) is 3.43. The molecule has 1 aliphatic rings. The number of amides is 1. The van der Waals surface area contributed by atoms with Crippen LogP contribution in [0.15, 0.2) is 34.2 Å². The SMILES string of the molecule is CC(C)CN(CC(C)C)C(=O)CSc1nc2ccccc2c(=O)n1C1CC1. The Morgan fingerprint density at radius 1 is 1.19 bits per heavy atom. The van der Waals surface area contributed by atoms with Crippen LogP contribution in [0.1, 0.15) is 46.6 Å². The minimum atomic E-state index is 0.0132. The predicted molar refractivity (Wildman–Crippen MR) is 111 cm³/mol. The molecule has 1 heterocycles. The number of aromatic nitrogens is 2. The first kappa shape index (κ1) is 19.9. The van der Waals surface area contributed by atoms with E-state index in [4.69, 9.17) is 4.98 Å². The van der Waals surface area contributed by atoms with Crippen molar-refractivity contribution in [1.82, 2.24) is 14.5 Å².